The van der Waals surface area contributed by atoms with Gasteiger partial charge >= 0.3 is 5.97 Å². The lowest BCUT2D eigenvalue weighted by Crippen LogP contribution is -2.24. The van der Waals surface area contributed by atoms with Gasteiger partial charge in [-0.15, -0.1) is 0 Å². The second-order valence-electron chi connectivity index (χ2n) is 5.49. The first-order valence-corrected chi connectivity index (χ1v) is 8.27. The zero-order chi connectivity index (χ0) is 19.6. The Kier molecular flexibility index (Phi) is 7.42. The average molecular weight is 375 g/mol. The quantitative estimate of drug-likeness (QED) is 0.386. The number of hydrogen-bond acceptors (Lipinski definition) is 7. The van der Waals surface area contributed by atoms with Crippen LogP contribution in [-0.4, -0.2) is 45.0 Å². The molecule has 8 nitrogen and oxygen atoms in total. The first-order chi connectivity index (χ1) is 13.0. The van der Waals surface area contributed by atoms with Crippen LogP contribution in [-0.2, 0) is 9.53 Å². The van der Waals surface area contributed by atoms with E-state index in [2.05, 4.69) is 5.32 Å². The molecule has 1 aromatic carbocycles. The van der Waals surface area contributed by atoms with Gasteiger partial charge in [-0.3, -0.25) is 14.4 Å². The van der Waals surface area contributed by atoms with Gasteiger partial charge in [0, 0.05) is 19.0 Å². The molecule has 27 heavy (non-hydrogen) atoms. The van der Waals surface area contributed by atoms with Gasteiger partial charge in [0.2, 0.25) is 5.78 Å². The third-order valence-corrected chi connectivity index (χ3v) is 3.66. The van der Waals surface area contributed by atoms with Gasteiger partial charge < -0.3 is 23.9 Å². The number of Topliss-reactive ketones (excluding diaryl/α,β-unsaturated/α-hetero) is 1. The van der Waals surface area contributed by atoms with Crippen molar-refractivity contribution in [1.29, 1.82) is 0 Å². The monoisotopic (exact) mass is 375 g/mol. The van der Waals surface area contributed by atoms with Gasteiger partial charge in [-0.05, 0) is 30.7 Å². The lowest BCUT2D eigenvalue weighted by molar-refractivity contribution is -0.142. The van der Waals surface area contributed by atoms with E-state index in [0.717, 1.165) is 0 Å². The van der Waals surface area contributed by atoms with Crippen molar-refractivity contribution in [2.75, 3.05) is 27.4 Å². The molecule has 8 heteroatoms. The summed E-state index contributed by atoms with van der Waals surface area (Å²) in [5.41, 5.74) is 0.303. The van der Waals surface area contributed by atoms with Gasteiger partial charge in [-0.25, -0.2) is 0 Å². The zero-order valence-corrected chi connectivity index (χ0v) is 15.2. The Hall–Kier alpha value is -3.29. The highest BCUT2D eigenvalue weighted by atomic mass is 16.5. The van der Waals surface area contributed by atoms with Crippen LogP contribution in [0.3, 0.4) is 0 Å². The van der Waals surface area contributed by atoms with E-state index in [1.165, 1.54) is 20.5 Å². The summed E-state index contributed by atoms with van der Waals surface area (Å²) < 4.78 is 20.2. The highest BCUT2D eigenvalue weighted by Gasteiger charge is 2.15. The van der Waals surface area contributed by atoms with Crippen LogP contribution in [0.1, 0.15) is 33.8 Å². The molecular weight excluding hydrogens is 354 g/mol. The summed E-state index contributed by atoms with van der Waals surface area (Å²) in [6.07, 6.45) is 1.86. The van der Waals surface area contributed by atoms with Crippen LogP contribution >= 0.6 is 0 Å². The maximum absolute atomic E-state index is 12.2. The Morgan fingerprint density at radius 3 is 2.59 bits per heavy atom. The second kappa shape index (κ2) is 10.0. The molecule has 1 aromatic heterocycles. The number of ether oxygens (including phenoxy) is 3. The molecule has 0 saturated carbocycles. The van der Waals surface area contributed by atoms with E-state index < -0.39 is 5.97 Å². The molecule has 0 fully saturated rings. The van der Waals surface area contributed by atoms with E-state index in [1.54, 1.807) is 30.3 Å². The Balaban J connectivity index is 1.72. The lowest BCUT2D eigenvalue weighted by Gasteiger charge is -2.10. The molecule has 144 valence electrons. The zero-order valence-electron chi connectivity index (χ0n) is 15.2. The Morgan fingerprint density at radius 1 is 1.11 bits per heavy atom. The minimum absolute atomic E-state index is 0.0749. The topological polar surface area (TPSA) is 104 Å². The van der Waals surface area contributed by atoms with Crippen molar-refractivity contribution in [3.8, 4) is 11.5 Å². The first-order valence-electron chi connectivity index (χ1n) is 8.27. The largest absolute Gasteiger partial charge is 0.497 e. The fourth-order valence-electron chi connectivity index (χ4n) is 2.25. The van der Waals surface area contributed by atoms with E-state index >= 15 is 0 Å². The van der Waals surface area contributed by atoms with Gasteiger partial charge in [0.15, 0.2) is 12.4 Å². The maximum atomic E-state index is 12.2. The highest BCUT2D eigenvalue weighted by molar-refractivity contribution is 6.00. The van der Waals surface area contributed by atoms with Crippen LogP contribution < -0.4 is 14.8 Å². The van der Waals surface area contributed by atoms with Crippen LogP contribution in [0.2, 0.25) is 0 Å². The number of hydrogen-bond donors (Lipinski definition) is 1. The summed E-state index contributed by atoms with van der Waals surface area (Å²) in [6.45, 7) is -0.102. The standard InChI is InChI=1S/C19H21NO7/c1-24-13-7-8-14(17(11-13)25-2)15(21)12-27-18(22)6-3-9-20-19(23)16-5-4-10-26-16/h4-5,7-8,10-11H,3,6,9,12H2,1-2H3,(H,20,23). The Labute approximate surface area is 156 Å². The molecule has 1 amide bonds. The number of carbonyl (C=O) groups excluding carboxylic acids is 3. The molecule has 0 aliphatic carbocycles. The predicted molar refractivity (Wildman–Crippen MR) is 95.1 cm³/mol. The number of amides is 1. The van der Waals surface area contributed by atoms with Crippen molar-refractivity contribution in [3.63, 3.8) is 0 Å². The van der Waals surface area contributed by atoms with E-state index in [0.29, 0.717) is 23.5 Å². The number of furan rings is 1. The molecule has 2 rings (SSSR count). The van der Waals surface area contributed by atoms with E-state index in [4.69, 9.17) is 18.6 Å². The smallest absolute Gasteiger partial charge is 0.306 e. The van der Waals surface area contributed by atoms with Crippen molar-refractivity contribution in [2.45, 2.75) is 12.8 Å². The van der Waals surface area contributed by atoms with Crippen molar-refractivity contribution in [3.05, 3.63) is 47.9 Å². The molecular formula is C19H21NO7. The lowest BCUT2D eigenvalue weighted by atomic mass is 10.1. The Bertz CT molecular complexity index is 783. The fourth-order valence-corrected chi connectivity index (χ4v) is 2.25. The molecule has 0 atom stereocenters. The van der Waals surface area contributed by atoms with E-state index in [1.807, 2.05) is 0 Å². The molecule has 0 aliphatic heterocycles. The highest BCUT2D eigenvalue weighted by Crippen LogP contribution is 2.25. The number of ketones is 1. The number of methoxy groups -OCH3 is 2. The molecule has 1 heterocycles. The normalized spacial score (nSPS) is 10.1. The van der Waals surface area contributed by atoms with Gasteiger partial charge in [0.1, 0.15) is 11.5 Å². The third-order valence-electron chi connectivity index (χ3n) is 3.66. The van der Waals surface area contributed by atoms with Gasteiger partial charge in [0.25, 0.3) is 5.91 Å². The SMILES string of the molecule is COc1ccc(C(=O)COC(=O)CCCNC(=O)c2ccco2)c(OC)c1. The molecule has 0 radical (unpaired) electrons. The second-order valence-corrected chi connectivity index (χ2v) is 5.49. The number of rotatable bonds is 10. The van der Waals surface area contributed by atoms with Crippen LogP contribution in [0.5, 0.6) is 11.5 Å². The van der Waals surface area contributed by atoms with Crippen molar-refractivity contribution < 1.29 is 33.0 Å². The minimum atomic E-state index is -0.525. The number of nitrogens with one attached hydrogen (secondary N) is 1. The molecule has 0 bridgehead atoms. The molecule has 0 aliphatic rings. The number of benzene rings is 1. The van der Waals surface area contributed by atoms with E-state index in [-0.39, 0.29) is 37.0 Å². The van der Waals surface area contributed by atoms with Crippen LogP contribution in [0.4, 0.5) is 0 Å². The summed E-state index contributed by atoms with van der Waals surface area (Å²) >= 11 is 0. The number of esters is 1. The van der Waals surface area contributed by atoms with Crippen molar-refractivity contribution in [1.82, 2.24) is 5.32 Å². The predicted octanol–water partition coefficient (Wildman–Crippen LogP) is 2.23. The van der Waals surface area contributed by atoms with Crippen LogP contribution in [0.15, 0.2) is 41.0 Å². The Morgan fingerprint density at radius 2 is 1.93 bits per heavy atom. The molecule has 0 unspecified atom stereocenters. The third kappa shape index (κ3) is 5.88. The summed E-state index contributed by atoms with van der Waals surface area (Å²) in [5.74, 6) is -0.156. The average Bonchev–Trinajstić information content (AvgIpc) is 3.23. The van der Waals surface area contributed by atoms with Gasteiger partial charge in [-0.1, -0.05) is 0 Å². The van der Waals surface area contributed by atoms with Crippen LogP contribution in [0, 0.1) is 0 Å². The molecule has 0 spiro atoms. The summed E-state index contributed by atoms with van der Waals surface area (Å²) in [5, 5.41) is 2.62. The first kappa shape index (κ1) is 20.0. The van der Waals surface area contributed by atoms with Crippen LogP contribution in [0.25, 0.3) is 0 Å². The minimum Gasteiger partial charge on any atom is -0.497 e. The summed E-state index contributed by atoms with van der Waals surface area (Å²) in [7, 11) is 2.95. The molecule has 1 N–H and O–H groups in total. The number of carbonyl (C=O) groups is 3. The fraction of sp³-hybridized carbons (Fsp3) is 0.316. The van der Waals surface area contributed by atoms with Crippen molar-refractivity contribution >= 4 is 17.7 Å². The van der Waals surface area contributed by atoms with Crippen molar-refractivity contribution in [2.24, 2.45) is 0 Å². The van der Waals surface area contributed by atoms with E-state index in [9.17, 15) is 14.4 Å². The van der Waals surface area contributed by atoms with Gasteiger partial charge in [0.05, 0.1) is 26.0 Å². The summed E-state index contributed by atoms with van der Waals surface area (Å²) in [4.78, 5) is 35.6. The summed E-state index contributed by atoms with van der Waals surface area (Å²) in [6, 6.07) is 7.91. The molecule has 0 saturated heterocycles. The van der Waals surface area contributed by atoms with Gasteiger partial charge in [-0.2, -0.15) is 0 Å². The molecule has 2 aromatic rings. The maximum Gasteiger partial charge on any atom is 0.306 e.